The fourth-order valence-corrected chi connectivity index (χ4v) is 4.69. The minimum Gasteiger partial charge on any atom is -0.459 e. The average Bonchev–Trinajstić information content (AvgIpc) is 3.13. The van der Waals surface area contributed by atoms with Gasteiger partial charge in [0.25, 0.3) is 11.6 Å². The standard InChI is InChI=1S/C20H17N3O5S/c24-18-17(21-10-13-6-8-15(9-7-13)23(26)27)19-22(18)16(12-29-19)20(25)28-11-14-4-2-1-3-5-14/h1-10,16-17,19H,11-12H2/t16?,17-,19+/m1/s1. The van der Waals surface area contributed by atoms with Crippen molar-refractivity contribution in [3.05, 3.63) is 75.8 Å². The Labute approximate surface area is 170 Å². The number of benzene rings is 2. The van der Waals surface area contributed by atoms with E-state index in [0.717, 1.165) is 5.56 Å². The predicted octanol–water partition coefficient (Wildman–Crippen LogP) is 2.41. The number of ether oxygens (including phenoxy) is 1. The van der Waals surface area contributed by atoms with Gasteiger partial charge >= 0.3 is 5.97 Å². The highest BCUT2D eigenvalue weighted by Gasteiger charge is 2.57. The van der Waals surface area contributed by atoms with Gasteiger partial charge in [-0.1, -0.05) is 30.3 Å². The van der Waals surface area contributed by atoms with Gasteiger partial charge in [0.15, 0.2) is 6.04 Å². The van der Waals surface area contributed by atoms with E-state index in [1.807, 2.05) is 30.3 Å². The molecule has 0 N–H and O–H groups in total. The van der Waals surface area contributed by atoms with E-state index in [2.05, 4.69) is 4.99 Å². The minimum absolute atomic E-state index is 0.00347. The van der Waals surface area contributed by atoms with Gasteiger partial charge in [-0.05, 0) is 23.3 Å². The zero-order valence-corrected chi connectivity index (χ0v) is 16.0. The molecule has 1 unspecified atom stereocenters. The summed E-state index contributed by atoms with van der Waals surface area (Å²) in [5, 5.41) is 10.5. The molecule has 4 rings (SSSR count). The van der Waals surface area contributed by atoms with Crippen LogP contribution in [0, 0.1) is 10.1 Å². The maximum atomic E-state index is 12.5. The molecule has 2 saturated heterocycles. The number of hydrogen-bond donors (Lipinski definition) is 0. The maximum Gasteiger partial charge on any atom is 0.330 e. The highest BCUT2D eigenvalue weighted by atomic mass is 32.2. The number of carbonyl (C=O) groups is 2. The van der Waals surface area contributed by atoms with Crippen LogP contribution in [0.5, 0.6) is 0 Å². The molecule has 3 atom stereocenters. The van der Waals surface area contributed by atoms with E-state index in [4.69, 9.17) is 4.74 Å². The van der Waals surface area contributed by atoms with E-state index in [-0.39, 0.29) is 23.6 Å². The number of rotatable bonds is 6. The Kier molecular flexibility index (Phi) is 5.30. The van der Waals surface area contributed by atoms with Crippen LogP contribution in [-0.2, 0) is 20.9 Å². The molecule has 0 spiro atoms. The first kappa shape index (κ1) is 19.1. The second-order valence-corrected chi connectivity index (χ2v) is 7.80. The summed E-state index contributed by atoms with van der Waals surface area (Å²) in [4.78, 5) is 41.0. The second kappa shape index (κ2) is 8.04. The topological polar surface area (TPSA) is 102 Å². The van der Waals surface area contributed by atoms with Crippen LogP contribution in [0.3, 0.4) is 0 Å². The van der Waals surface area contributed by atoms with Crippen molar-refractivity contribution in [3.8, 4) is 0 Å². The highest BCUT2D eigenvalue weighted by Crippen LogP contribution is 2.41. The number of β-lactam (4-membered cyclic amide) rings is 1. The third-order valence-electron chi connectivity index (χ3n) is 4.80. The van der Waals surface area contributed by atoms with E-state index in [1.165, 1.54) is 35.0 Å². The Morgan fingerprint density at radius 3 is 2.66 bits per heavy atom. The molecule has 0 aromatic heterocycles. The van der Waals surface area contributed by atoms with E-state index >= 15 is 0 Å². The Balaban J connectivity index is 1.34. The molecule has 2 fully saturated rings. The van der Waals surface area contributed by atoms with Gasteiger partial charge in [-0.3, -0.25) is 19.9 Å². The van der Waals surface area contributed by atoms with Gasteiger partial charge in [-0.25, -0.2) is 4.79 Å². The molecule has 148 valence electrons. The molecule has 0 radical (unpaired) electrons. The average molecular weight is 411 g/mol. The van der Waals surface area contributed by atoms with Gasteiger partial charge in [0.1, 0.15) is 18.0 Å². The summed E-state index contributed by atoms with van der Waals surface area (Å²) in [5.74, 6) is -0.136. The fraction of sp³-hybridized carbons (Fsp3) is 0.250. The summed E-state index contributed by atoms with van der Waals surface area (Å²) < 4.78 is 5.37. The number of aliphatic imine (C=N–C) groups is 1. The van der Waals surface area contributed by atoms with Gasteiger partial charge in [0.05, 0.1) is 4.92 Å². The third kappa shape index (κ3) is 3.86. The Bertz CT molecular complexity index is 964. The quantitative estimate of drug-likeness (QED) is 0.238. The molecule has 1 amide bonds. The van der Waals surface area contributed by atoms with Crippen molar-refractivity contribution in [2.75, 3.05) is 5.75 Å². The zero-order chi connectivity index (χ0) is 20.4. The number of esters is 1. The second-order valence-electron chi connectivity index (χ2n) is 6.65. The molecule has 8 nitrogen and oxygen atoms in total. The third-order valence-corrected chi connectivity index (χ3v) is 6.13. The molecule has 2 aromatic carbocycles. The van der Waals surface area contributed by atoms with Crippen LogP contribution in [0.25, 0.3) is 0 Å². The molecule has 2 aromatic rings. The number of thioether (sulfide) groups is 1. The van der Waals surface area contributed by atoms with E-state index in [1.54, 1.807) is 12.1 Å². The largest absolute Gasteiger partial charge is 0.459 e. The molecule has 29 heavy (non-hydrogen) atoms. The summed E-state index contributed by atoms with van der Waals surface area (Å²) in [6.45, 7) is 0.176. The molecule has 2 heterocycles. The molecule has 9 heteroatoms. The maximum absolute atomic E-state index is 12.5. The van der Waals surface area contributed by atoms with Crippen LogP contribution >= 0.6 is 11.8 Å². The van der Waals surface area contributed by atoms with Crippen molar-refractivity contribution < 1.29 is 19.2 Å². The summed E-state index contributed by atoms with van der Waals surface area (Å²) in [7, 11) is 0. The number of fused-ring (bicyclic) bond motifs is 1. The summed E-state index contributed by atoms with van der Waals surface area (Å²) in [6, 6.07) is 14.2. The van der Waals surface area contributed by atoms with E-state index in [0.29, 0.717) is 11.3 Å². The van der Waals surface area contributed by atoms with Crippen LogP contribution in [0.4, 0.5) is 5.69 Å². The normalized spacial score (nSPS) is 23.0. The Hall–Kier alpha value is -3.20. The predicted molar refractivity (Wildman–Crippen MR) is 108 cm³/mol. The number of carbonyl (C=O) groups excluding carboxylic acids is 2. The number of amides is 1. The van der Waals surface area contributed by atoms with Crippen molar-refractivity contribution in [1.82, 2.24) is 4.90 Å². The van der Waals surface area contributed by atoms with Crippen LogP contribution < -0.4 is 0 Å². The lowest BCUT2D eigenvalue weighted by molar-refractivity contribution is -0.384. The van der Waals surface area contributed by atoms with E-state index in [9.17, 15) is 19.7 Å². The summed E-state index contributed by atoms with van der Waals surface area (Å²) in [5.41, 5.74) is 1.56. The van der Waals surface area contributed by atoms with Crippen molar-refractivity contribution in [2.24, 2.45) is 4.99 Å². The minimum atomic E-state index is -0.591. The first-order valence-corrected chi connectivity index (χ1v) is 10.0. The molecular weight excluding hydrogens is 394 g/mol. The number of non-ortho nitro benzene ring substituents is 1. The molecule has 0 aliphatic carbocycles. The highest BCUT2D eigenvalue weighted by molar-refractivity contribution is 8.00. The lowest BCUT2D eigenvalue weighted by Crippen LogP contribution is -2.64. The smallest absolute Gasteiger partial charge is 0.330 e. The summed E-state index contributed by atoms with van der Waals surface area (Å²) in [6.07, 6.45) is 1.53. The van der Waals surface area contributed by atoms with Crippen LogP contribution in [-0.4, -0.2) is 51.1 Å². The fourth-order valence-electron chi connectivity index (χ4n) is 3.23. The first-order chi connectivity index (χ1) is 14.0. The molecule has 2 aliphatic heterocycles. The zero-order valence-electron chi connectivity index (χ0n) is 15.2. The molecule has 0 bridgehead atoms. The van der Waals surface area contributed by atoms with Gasteiger partial charge in [-0.2, -0.15) is 0 Å². The Morgan fingerprint density at radius 1 is 1.24 bits per heavy atom. The van der Waals surface area contributed by atoms with Crippen LogP contribution in [0.1, 0.15) is 11.1 Å². The first-order valence-electron chi connectivity index (χ1n) is 8.96. The van der Waals surface area contributed by atoms with Crippen LogP contribution in [0.15, 0.2) is 59.6 Å². The lowest BCUT2D eigenvalue weighted by atomic mass is 10.0. The molecule has 2 aliphatic rings. The van der Waals surface area contributed by atoms with Crippen molar-refractivity contribution in [2.45, 2.75) is 24.1 Å². The monoisotopic (exact) mass is 411 g/mol. The molecular formula is C20H17N3O5S. The van der Waals surface area contributed by atoms with Gasteiger partial charge < -0.3 is 9.64 Å². The number of nitro benzene ring substituents is 1. The Morgan fingerprint density at radius 2 is 1.97 bits per heavy atom. The van der Waals surface area contributed by atoms with Gasteiger partial charge in [0, 0.05) is 24.1 Å². The van der Waals surface area contributed by atoms with Crippen molar-refractivity contribution >= 4 is 35.5 Å². The van der Waals surface area contributed by atoms with Crippen LogP contribution in [0.2, 0.25) is 0 Å². The number of nitro groups is 1. The van der Waals surface area contributed by atoms with Crippen molar-refractivity contribution in [3.63, 3.8) is 0 Å². The van der Waals surface area contributed by atoms with E-state index < -0.39 is 23.0 Å². The van der Waals surface area contributed by atoms with Gasteiger partial charge in [0.2, 0.25) is 0 Å². The van der Waals surface area contributed by atoms with Gasteiger partial charge in [-0.15, -0.1) is 11.8 Å². The SMILES string of the molecule is O=C(OCc1ccccc1)C1CS[C@H]2[C@H](N=Cc3ccc([N+](=O)[O-])cc3)C(=O)N12. The lowest BCUT2D eigenvalue weighted by Gasteiger charge is -2.41. The number of hydrogen-bond acceptors (Lipinski definition) is 7. The molecule has 0 saturated carbocycles. The van der Waals surface area contributed by atoms with Crippen molar-refractivity contribution in [1.29, 1.82) is 0 Å². The number of nitrogens with zero attached hydrogens (tertiary/aromatic N) is 3. The summed E-state index contributed by atoms with van der Waals surface area (Å²) >= 11 is 1.50.